The van der Waals surface area contributed by atoms with Gasteiger partial charge in [-0.25, -0.2) is 23.5 Å². The number of nitrogens with zero attached hydrogens (tertiary/aromatic N) is 3. The van der Waals surface area contributed by atoms with E-state index in [9.17, 15) is 13.2 Å². The molecule has 0 radical (unpaired) electrons. The predicted octanol–water partition coefficient (Wildman–Crippen LogP) is 0.971. The zero-order valence-electron chi connectivity index (χ0n) is 13.5. The summed E-state index contributed by atoms with van der Waals surface area (Å²) in [4.78, 5) is 22.4. The van der Waals surface area contributed by atoms with Crippen LogP contribution in [0.1, 0.15) is 16.8 Å². The van der Waals surface area contributed by atoms with Gasteiger partial charge in [-0.05, 0) is 24.5 Å². The van der Waals surface area contributed by atoms with Gasteiger partial charge in [0, 0.05) is 31.2 Å². The number of carbonyl (C=O) groups excluding carboxylic acids is 1. The van der Waals surface area contributed by atoms with Crippen molar-refractivity contribution >= 4 is 27.6 Å². The molecule has 8 nitrogen and oxygen atoms in total. The fourth-order valence-electron chi connectivity index (χ4n) is 2.82. The van der Waals surface area contributed by atoms with Gasteiger partial charge in [0.25, 0.3) is 5.91 Å². The topological polar surface area (TPSA) is 118 Å². The zero-order valence-corrected chi connectivity index (χ0v) is 14.3. The number of aromatic nitrogens is 2. The molecule has 2 aromatic rings. The van der Waals surface area contributed by atoms with E-state index >= 15 is 0 Å². The van der Waals surface area contributed by atoms with Gasteiger partial charge in [-0.3, -0.25) is 4.79 Å². The Labute approximate surface area is 146 Å². The number of carbonyl (C=O) groups is 1. The molecule has 9 heteroatoms. The van der Waals surface area contributed by atoms with Crippen molar-refractivity contribution in [2.45, 2.75) is 6.42 Å². The van der Waals surface area contributed by atoms with Gasteiger partial charge in [-0.2, -0.15) is 0 Å². The molecule has 1 atom stereocenters. The second-order valence-electron chi connectivity index (χ2n) is 6.02. The van der Waals surface area contributed by atoms with Crippen LogP contribution in [0.3, 0.4) is 0 Å². The van der Waals surface area contributed by atoms with Crippen LogP contribution in [-0.2, 0) is 10.0 Å². The van der Waals surface area contributed by atoms with Crippen molar-refractivity contribution in [3.63, 3.8) is 0 Å². The first-order valence-corrected chi connectivity index (χ1v) is 9.56. The Balaban J connectivity index is 1.61. The predicted molar refractivity (Wildman–Crippen MR) is 93.7 cm³/mol. The summed E-state index contributed by atoms with van der Waals surface area (Å²) in [6, 6.07) is 9.47. The lowest BCUT2D eigenvalue weighted by Gasteiger charge is -2.16. The third-order valence-electron chi connectivity index (χ3n) is 3.97. The van der Waals surface area contributed by atoms with E-state index in [2.05, 4.69) is 15.3 Å². The lowest BCUT2D eigenvalue weighted by atomic mass is 10.2. The normalized spacial score (nSPS) is 17.5. The highest BCUT2D eigenvalue weighted by Crippen LogP contribution is 2.20. The maximum atomic E-state index is 12.5. The first kappa shape index (κ1) is 17.3. The van der Waals surface area contributed by atoms with Gasteiger partial charge in [-0.15, -0.1) is 0 Å². The number of hydrogen-bond donors (Lipinski definition) is 2. The van der Waals surface area contributed by atoms with Gasteiger partial charge in [0.15, 0.2) is 0 Å². The molecule has 132 valence electrons. The lowest BCUT2D eigenvalue weighted by Crippen LogP contribution is -2.31. The molecule has 1 aromatic heterocycles. The Morgan fingerprint density at radius 2 is 1.92 bits per heavy atom. The smallest absolute Gasteiger partial charge is 0.257 e. The Morgan fingerprint density at radius 1 is 1.24 bits per heavy atom. The van der Waals surface area contributed by atoms with Crippen LogP contribution in [0.25, 0.3) is 0 Å². The summed E-state index contributed by atoms with van der Waals surface area (Å²) in [5.41, 5.74) is 1.22. The minimum absolute atomic E-state index is 0.104. The van der Waals surface area contributed by atoms with Gasteiger partial charge in [0.1, 0.15) is 0 Å². The van der Waals surface area contributed by atoms with E-state index in [4.69, 9.17) is 5.14 Å². The number of para-hydroxylation sites is 1. The summed E-state index contributed by atoms with van der Waals surface area (Å²) in [5, 5.41) is 8.11. The van der Waals surface area contributed by atoms with Crippen LogP contribution in [0.15, 0.2) is 42.7 Å². The van der Waals surface area contributed by atoms with E-state index in [0.717, 1.165) is 5.69 Å². The van der Waals surface area contributed by atoms with Crippen LogP contribution >= 0.6 is 0 Å². The minimum Gasteiger partial charge on any atom is -0.338 e. The Hall–Kier alpha value is -2.52. The second kappa shape index (κ2) is 7.16. The Kier molecular flexibility index (Phi) is 4.95. The van der Waals surface area contributed by atoms with Crippen LogP contribution < -0.4 is 10.5 Å². The molecule has 1 fully saturated rings. The highest BCUT2D eigenvalue weighted by Gasteiger charge is 2.29. The highest BCUT2D eigenvalue weighted by molar-refractivity contribution is 7.89. The summed E-state index contributed by atoms with van der Waals surface area (Å²) in [6.07, 6.45) is 3.55. The number of amides is 1. The lowest BCUT2D eigenvalue weighted by molar-refractivity contribution is 0.0787. The highest BCUT2D eigenvalue weighted by atomic mass is 32.2. The molecule has 0 saturated carbocycles. The average Bonchev–Trinajstić information content (AvgIpc) is 3.02. The molecule has 3 N–H and O–H groups in total. The maximum absolute atomic E-state index is 12.5. The van der Waals surface area contributed by atoms with Crippen molar-refractivity contribution in [1.29, 1.82) is 0 Å². The van der Waals surface area contributed by atoms with Gasteiger partial charge in [0.2, 0.25) is 16.0 Å². The maximum Gasteiger partial charge on any atom is 0.257 e. The third-order valence-corrected chi connectivity index (χ3v) is 4.91. The van der Waals surface area contributed by atoms with Gasteiger partial charge in [0.05, 0.1) is 11.3 Å². The minimum atomic E-state index is -3.53. The van der Waals surface area contributed by atoms with Crippen molar-refractivity contribution in [1.82, 2.24) is 14.9 Å². The molecule has 1 amide bonds. The molecule has 3 rings (SSSR count). The zero-order chi connectivity index (χ0) is 17.9. The number of anilines is 2. The van der Waals surface area contributed by atoms with Gasteiger partial charge in [-0.1, -0.05) is 18.2 Å². The summed E-state index contributed by atoms with van der Waals surface area (Å²) in [5.74, 6) is -0.0360. The monoisotopic (exact) mass is 361 g/mol. The number of benzene rings is 1. The second-order valence-corrected chi connectivity index (χ2v) is 7.68. The fourth-order valence-corrected chi connectivity index (χ4v) is 3.75. The van der Waals surface area contributed by atoms with E-state index in [1.165, 1.54) is 12.4 Å². The fraction of sp³-hybridized carbons (Fsp3) is 0.312. The molecule has 0 spiro atoms. The number of nitrogens with two attached hydrogens (primary N) is 1. The number of nitrogens with one attached hydrogen (secondary N) is 1. The molecular formula is C16H19N5O3S. The number of hydrogen-bond acceptors (Lipinski definition) is 6. The van der Waals surface area contributed by atoms with Crippen LogP contribution in [0.5, 0.6) is 0 Å². The summed E-state index contributed by atoms with van der Waals surface area (Å²) in [7, 11) is -3.53. The Bertz CT molecular complexity index is 840. The Morgan fingerprint density at radius 3 is 2.56 bits per heavy atom. The average molecular weight is 361 g/mol. The molecular weight excluding hydrogens is 342 g/mol. The van der Waals surface area contributed by atoms with Gasteiger partial charge >= 0.3 is 0 Å². The summed E-state index contributed by atoms with van der Waals surface area (Å²) >= 11 is 0. The van der Waals surface area contributed by atoms with Crippen molar-refractivity contribution in [2.24, 2.45) is 11.1 Å². The van der Waals surface area contributed by atoms with Gasteiger partial charge < -0.3 is 10.2 Å². The van der Waals surface area contributed by atoms with E-state index in [-0.39, 0.29) is 17.6 Å². The van der Waals surface area contributed by atoms with Crippen molar-refractivity contribution in [3.8, 4) is 0 Å². The SMILES string of the molecule is NS(=O)(=O)C[C@H]1CCN(C(=O)c2cnc(Nc3ccccc3)nc2)C1. The largest absolute Gasteiger partial charge is 0.338 e. The van der Waals surface area contributed by atoms with Crippen LogP contribution in [0.2, 0.25) is 0 Å². The molecule has 1 aromatic carbocycles. The third kappa shape index (κ3) is 4.74. The number of primary sulfonamides is 1. The number of likely N-dealkylation sites (tertiary alicyclic amines) is 1. The van der Waals surface area contributed by atoms with Crippen molar-refractivity contribution in [3.05, 3.63) is 48.3 Å². The van der Waals surface area contributed by atoms with E-state index in [0.29, 0.717) is 31.0 Å². The molecule has 1 aliphatic heterocycles. The summed E-state index contributed by atoms with van der Waals surface area (Å²) < 4.78 is 22.3. The van der Waals surface area contributed by atoms with Crippen LogP contribution in [0, 0.1) is 5.92 Å². The van der Waals surface area contributed by atoms with E-state index < -0.39 is 10.0 Å². The molecule has 0 bridgehead atoms. The molecule has 0 aliphatic carbocycles. The number of sulfonamides is 1. The molecule has 1 aliphatic rings. The van der Waals surface area contributed by atoms with E-state index in [1.54, 1.807) is 4.90 Å². The van der Waals surface area contributed by atoms with Crippen LogP contribution in [0.4, 0.5) is 11.6 Å². The molecule has 1 saturated heterocycles. The molecule has 0 unspecified atom stereocenters. The standard InChI is InChI=1S/C16H19N5O3S/c17-25(23,24)11-12-6-7-21(10-12)15(22)13-8-18-16(19-9-13)20-14-4-2-1-3-5-14/h1-5,8-9,12H,6-7,10-11H2,(H2,17,23,24)(H,18,19,20)/t12-/m0/s1. The van der Waals surface area contributed by atoms with Crippen molar-refractivity contribution < 1.29 is 13.2 Å². The van der Waals surface area contributed by atoms with Crippen molar-refractivity contribution in [2.75, 3.05) is 24.2 Å². The summed E-state index contributed by atoms with van der Waals surface area (Å²) in [6.45, 7) is 0.877. The van der Waals surface area contributed by atoms with E-state index in [1.807, 2.05) is 30.3 Å². The number of rotatable bonds is 5. The molecule has 2 heterocycles. The van der Waals surface area contributed by atoms with Crippen LogP contribution in [-0.4, -0.2) is 48.0 Å². The first-order valence-electron chi connectivity index (χ1n) is 7.84. The quantitative estimate of drug-likeness (QED) is 0.819. The first-order chi connectivity index (χ1) is 11.9. The molecule has 25 heavy (non-hydrogen) atoms.